The van der Waals surface area contributed by atoms with Gasteiger partial charge in [0.05, 0.1) is 10.9 Å². The first-order valence-corrected chi connectivity index (χ1v) is 10.4. The van der Waals surface area contributed by atoms with Crippen LogP contribution in [0.5, 0.6) is 0 Å². The van der Waals surface area contributed by atoms with E-state index in [4.69, 9.17) is 0 Å². The van der Waals surface area contributed by atoms with Gasteiger partial charge in [-0.25, -0.2) is 17.5 Å². The Bertz CT molecular complexity index is 1080. The van der Waals surface area contributed by atoms with Gasteiger partial charge in [-0.2, -0.15) is 0 Å². The van der Waals surface area contributed by atoms with Crippen LogP contribution in [0.2, 0.25) is 0 Å². The van der Waals surface area contributed by atoms with Crippen LogP contribution in [-0.2, 0) is 14.8 Å². The number of sulfonamides is 1. The summed E-state index contributed by atoms with van der Waals surface area (Å²) in [6.07, 6.45) is -0.00164. The van der Waals surface area contributed by atoms with Gasteiger partial charge >= 0.3 is 0 Å². The first kappa shape index (κ1) is 20.0. The van der Waals surface area contributed by atoms with Crippen LogP contribution < -0.4 is 10.0 Å². The van der Waals surface area contributed by atoms with E-state index in [1.807, 2.05) is 49.4 Å². The number of carbonyl (C=O) groups excluding carboxylic acids is 1. The highest BCUT2D eigenvalue weighted by Crippen LogP contribution is 2.20. The maximum absolute atomic E-state index is 12.9. The summed E-state index contributed by atoms with van der Waals surface area (Å²) in [5.74, 6) is -0.775. The molecule has 0 heterocycles. The van der Waals surface area contributed by atoms with E-state index in [0.717, 1.165) is 28.5 Å². The Morgan fingerprint density at radius 1 is 1.00 bits per heavy atom. The van der Waals surface area contributed by atoms with Crippen molar-refractivity contribution in [3.8, 4) is 0 Å². The molecule has 3 aromatic rings. The minimum absolute atomic E-state index is 0.00164. The number of carbonyl (C=O) groups is 1. The van der Waals surface area contributed by atoms with Crippen LogP contribution in [0.1, 0.15) is 24.9 Å². The molecule has 0 fully saturated rings. The highest BCUT2D eigenvalue weighted by molar-refractivity contribution is 7.89. The van der Waals surface area contributed by atoms with Crippen LogP contribution in [0, 0.1) is 5.82 Å². The molecule has 3 rings (SSSR count). The summed E-state index contributed by atoms with van der Waals surface area (Å²) in [5, 5.41) is 5.09. The van der Waals surface area contributed by atoms with Gasteiger partial charge in [0.25, 0.3) is 0 Å². The van der Waals surface area contributed by atoms with Gasteiger partial charge in [0, 0.05) is 13.0 Å². The molecule has 0 spiro atoms. The second-order valence-corrected chi connectivity index (χ2v) is 8.26. The van der Waals surface area contributed by atoms with Crippen molar-refractivity contribution < 1.29 is 17.6 Å². The lowest BCUT2D eigenvalue weighted by molar-refractivity contribution is -0.121. The molecule has 28 heavy (non-hydrogen) atoms. The minimum atomic E-state index is -3.77. The van der Waals surface area contributed by atoms with Crippen LogP contribution in [0.4, 0.5) is 4.39 Å². The predicted octanol–water partition coefficient (Wildman–Crippen LogP) is 3.52. The van der Waals surface area contributed by atoms with E-state index >= 15 is 0 Å². The van der Waals surface area contributed by atoms with Crippen LogP contribution >= 0.6 is 0 Å². The summed E-state index contributed by atoms with van der Waals surface area (Å²) < 4.78 is 39.5. The molecule has 1 unspecified atom stereocenters. The standard InChI is InChI=1S/C21H21FN2O3S/c1-15(17-7-6-16-4-2-3-5-18(16)14-17)24-21(25)12-13-23-28(26,27)20-10-8-19(22)9-11-20/h2-11,14-15,23H,12-13H2,1H3,(H,24,25). The first-order chi connectivity index (χ1) is 13.3. The Labute approximate surface area is 163 Å². The topological polar surface area (TPSA) is 75.3 Å². The fraction of sp³-hybridized carbons (Fsp3) is 0.190. The predicted molar refractivity (Wildman–Crippen MR) is 107 cm³/mol. The fourth-order valence-electron chi connectivity index (χ4n) is 2.87. The Balaban J connectivity index is 1.54. The smallest absolute Gasteiger partial charge is 0.240 e. The molecule has 1 atom stereocenters. The highest BCUT2D eigenvalue weighted by atomic mass is 32.2. The molecule has 0 radical (unpaired) electrons. The van der Waals surface area contributed by atoms with Crippen molar-refractivity contribution in [1.82, 2.24) is 10.0 Å². The van der Waals surface area contributed by atoms with E-state index in [-0.39, 0.29) is 29.8 Å². The molecule has 0 bridgehead atoms. The Kier molecular flexibility index (Phi) is 6.06. The third-order valence-corrected chi connectivity index (χ3v) is 5.90. The molecule has 0 aliphatic rings. The van der Waals surface area contributed by atoms with Crippen LogP contribution in [-0.4, -0.2) is 20.9 Å². The van der Waals surface area contributed by atoms with Crippen molar-refractivity contribution in [3.63, 3.8) is 0 Å². The highest BCUT2D eigenvalue weighted by Gasteiger charge is 2.15. The summed E-state index contributed by atoms with van der Waals surface area (Å²) in [7, 11) is -3.77. The minimum Gasteiger partial charge on any atom is -0.350 e. The van der Waals surface area contributed by atoms with Gasteiger partial charge in [-0.15, -0.1) is 0 Å². The number of benzene rings is 3. The molecule has 5 nitrogen and oxygen atoms in total. The maximum Gasteiger partial charge on any atom is 0.240 e. The number of fused-ring (bicyclic) bond motifs is 1. The van der Waals surface area contributed by atoms with Gasteiger partial charge in [0.15, 0.2) is 0 Å². The summed E-state index contributed by atoms with van der Waals surface area (Å²) in [5.41, 5.74) is 0.971. The van der Waals surface area contributed by atoms with E-state index in [2.05, 4.69) is 10.0 Å². The SMILES string of the molecule is CC(NC(=O)CCNS(=O)(=O)c1ccc(F)cc1)c1ccc2ccccc2c1. The van der Waals surface area contributed by atoms with E-state index in [0.29, 0.717) is 0 Å². The second kappa shape index (κ2) is 8.50. The Morgan fingerprint density at radius 3 is 2.39 bits per heavy atom. The van der Waals surface area contributed by atoms with Crippen molar-refractivity contribution in [1.29, 1.82) is 0 Å². The zero-order valence-electron chi connectivity index (χ0n) is 15.4. The van der Waals surface area contributed by atoms with E-state index in [1.165, 1.54) is 12.1 Å². The van der Waals surface area contributed by atoms with E-state index < -0.39 is 15.8 Å². The number of rotatable bonds is 7. The molecule has 3 aromatic carbocycles. The average molecular weight is 400 g/mol. The lowest BCUT2D eigenvalue weighted by Crippen LogP contribution is -2.32. The third-order valence-electron chi connectivity index (χ3n) is 4.42. The van der Waals surface area contributed by atoms with Gasteiger partial charge in [-0.05, 0) is 53.6 Å². The third kappa shape index (κ3) is 4.94. The van der Waals surface area contributed by atoms with Gasteiger partial charge in [-0.3, -0.25) is 4.79 Å². The van der Waals surface area contributed by atoms with Crippen molar-refractivity contribution in [2.24, 2.45) is 0 Å². The van der Waals surface area contributed by atoms with Gasteiger partial charge in [0.1, 0.15) is 5.82 Å². The Hall–Kier alpha value is -2.77. The summed E-state index contributed by atoms with van der Waals surface area (Å²) in [6, 6.07) is 18.3. The quantitative estimate of drug-likeness (QED) is 0.637. The summed E-state index contributed by atoms with van der Waals surface area (Å²) >= 11 is 0. The molecule has 2 N–H and O–H groups in total. The Morgan fingerprint density at radius 2 is 1.68 bits per heavy atom. The van der Waals surface area contributed by atoms with Crippen LogP contribution in [0.25, 0.3) is 10.8 Å². The van der Waals surface area contributed by atoms with E-state index in [1.54, 1.807) is 0 Å². The lowest BCUT2D eigenvalue weighted by Gasteiger charge is -2.15. The largest absolute Gasteiger partial charge is 0.350 e. The van der Waals surface area contributed by atoms with Crippen LogP contribution in [0.3, 0.4) is 0 Å². The average Bonchev–Trinajstić information content (AvgIpc) is 2.67. The number of halogens is 1. The zero-order valence-corrected chi connectivity index (χ0v) is 16.2. The molecule has 146 valence electrons. The van der Waals surface area contributed by atoms with Gasteiger partial charge < -0.3 is 5.32 Å². The molecule has 0 saturated heterocycles. The fourth-order valence-corrected chi connectivity index (χ4v) is 3.90. The molecule has 0 aliphatic heterocycles. The lowest BCUT2D eigenvalue weighted by atomic mass is 10.0. The second-order valence-electron chi connectivity index (χ2n) is 6.50. The molecule has 0 aliphatic carbocycles. The molecule has 0 saturated carbocycles. The number of nitrogens with one attached hydrogen (secondary N) is 2. The summed E-state index contributed by atoms with van der Waals surface area (Å²) in [6.45, 7) is 1.83. The monoisotopic (exact) mass is 400 g/mol. The van der Waals surface area contributed by atoms with Crippen molar-refractivity contribution in [2.45, 2.75) is 24.3 Å². The zero-order chi connectivity index (χ0) is 20.1. The van der Waals surface area contributed by atoms with Gasteiger partial charge in [-0.1, -0.05) is 36.4 Å². The van der Waals surface area contributed by atoms with Crippen molar-refractivity contribution >= 4 is 26.7 Å². The normalized spacial score (nSPS) is 12.6. The van der Waals surface area contributed by atoms with E-state index in [9.17, 15) is 17.6 Å². The van der Waals surface area contributed by atoms with Gasteiger partial charge in [0.2, 0.25) is 15.9 Å². The first-order valence-electron chi connectivity index (χ1n) is 8.88. The van der Waals surface area contributed by atoms with Crippen LogP contribution in [0.15, 0.2) is 71.6 Å². The number of hydrogen-bond acceptors (Lipinski definition) is 3. The van der Waals surface area contributed by atoms with Crippen molar-refractivity contribution in [2.75, 3.05) is 6.54 Å². The number of hydrogen-bond donors (Lipinski definition) is 2. The summed E-state index contributed by atoms with van der Waals surface area (Å²) in [4.78, 5) is 12.1. The number of amides is 1. The molecule has 7 heteroatoms. The maximum atomic E-state index is 12.9. The van der Waals surface area contributed by atoms with Crippen molar-refractivity contribution in [3.05, 3.63) is 78.1 Å². The molecule has 0 aromatic heterocycles. The molecular formula is C21H21FN2O3S. The molecule has 1 amide bonds. The molecular weight excluding hydrogens is 379 g/mol.